The molecule has 0 bridgehead atoms. The smallest absolute Gasteiger partial charge is 0.365 e. The number of hydrogen-bond donors (Lipinski definition) is 2. The van der Waals surface area contributed by atoms with Gasteiger partial charge in [-0.1, -0.05) is 6.92 Å². The molecule has 2 heterocycles. The Balaban J connectivity index is 1.86. The molecule has 1 aliphatic rings. The van der Waals surface area contributed by atoms with Crippen LogP contribution in [0.3, 0.4) is 0 Å². The summed E-state index contributed by atoms with van der Waals surface area (Å²) < 4.78 is 63.1. The van der Waals surface area contributed by atoms with Crippen molar-refractivity contribution < 1.29 is 26.4 Å². The fourth-order valence-electron chi connectivity index (χ4n) is 3.29. The van der Waals surface area contributed by atoms with Crippen LogP contribution in [0.1, 0.15) is 35.3 Å². The van der Waals surface area contributed by atoms with E-state index in [4.69, 9.17) is 5.73 Å². The number of nitrogens with two attached hydrogens (primary N) is 1. The zero-order valence-corrected chi connectivity index (χ0v) is 15.7. The van der Waals surface area contributed by atoms with Gasteiger partial charge in [0.05, 0.1) is 23.1 Å². The Morgan fingerprint density at radius 1 is 1.29 bits per heavy atom. The number of nitrogens with zero attached hydrogens (tertiary/aromatic N) is 2. The molecule has 1 aromatic carbocycles. The SMILES string of the molecule is CC1CS(=O)(=O)CC[C@@H]1n1cc(C(N)=O)c(Nc2ccc(C(F)(F)F)cc2)n1. The predicted molar refractivity (Wildman–Crippen MR) is 96.9 cm³/mol. The van der Waals surface area contributed by atoms with Gasteiger partial charge in [-0.3, -0.25) is 9.48 Å². The van der Waals surface area contributed by atoms with Gasteiger partial charge in [0, 0.05) is 11.9 Å². The Labute approximate surface area is 159 Å². The number of benzene rings is 1. The van der Waals surface area contributed by atoms with Crippen LogP contribution in [0.5, 0.6) is 0 Å². The third-order valence-electron chi connectivity index (χ3n) is 4.71. The highest BCUT2D eigenvalue weighted by atomic mass is 32.2. The first kappa shape index (κ1) is 20.2. The van der Waals surface area contributed by atoms with Crippen molar-refractivity contribution in [3.8, 4) is 0 Å². The molecule has 2 aromatic rings. The van der Waals surface area contributed by atoms with Crippen LogP contribution in [0.2, 0.25) is 0 Å². The second-order valence-electron chi connectivity index (χ2n) is 6.88. The summed E-state index contributed by atoms with van der Waals surface area (Å²) in [5, 5.41) is 7.11. The molecule has 0 radical (unpaired) electrons. The summed E-state index contributed by atoms with van der Waals surface area (Å²) in [6.07, 6.45) is -2.66. The molecule has 0 spiro atoms. The second-order valence-corrected chi connectivity index (χ2v) is 9.11. The number of carbonyl (C=O) groups is 1. The minimum atomic E-state index is -4.45. The minimum absolute atomic E-state index is 0.0189. The largest absolute Gasteiger partial charge is 0.416 e. The van der Waals surface area contributed by atoms with E-state index >= 15 is 0 Å². The number of hydrogen-bond acceptors (Lipinski definition) is 5. The van der Waals surface area contributed by atoms with Crippen LogP contribution < -0.4 is 11.1 Å². The van der Waals surface area contributed by atoms with Gasteiger partial charge in [-0.15, -0.1) is 0 Å². The van der Waals surface area contributed by atoms with Crippen LogP contribution in [-0.2, 0) is 16.0 Å². The second kappa shape index (κ2) is 7.12. The van der Waals surface area contributed by atoms with Crippen molar-refractivity contribution in [2.24, 2.45) is 11.7 Å². The third-order valence-corrected chi connectivity index (χ3v) is 6.60. The van der Waals surface area contributed by atoms with Gasteiger partial charge in [0.25, 0.3) is 5.91 Å². The summed E-state index contributed by atoms with van der Waals surface area (Å²) >= 11 is 0. The van der Waals surface area contributed by atoms with Crippen molar-refractivity contribution in [2.45, 2.75) is 25.6 Å². The van der Waals surface area contributed by atoms with Gasteiger partial charge in [-0.25, -0.2) is 8.42 Å². The first-order valence-corrected chi connectivity index (χ1v) is 10.3. The number of aromatic nitrogens is 2. The van der Waals surface area contributed by atoms with Crippen LogP contribution in [0.15, 0.2) is 30.5 Å². The number of amides is 1. The standard InChI is InChI=1S/C17H19F3N4O3S/c1-10-9-28(26,27)7-6-14(10)24-8-13(15(21)25)16(23-24)22-12-4-2-11(3-5-12)17(18,19)20/h2-5,8,10,14H,6-7,9H2,1H3,(H2,21,25)(H,22,23)/t10?,14-/m0/s1. The maximum absolute atomic E-state index is 12.7. The Hall–Kier alpha value is -2.56. The van der Waals surface area contributed by atoms with E-state index in [1.54, 1.807) is 6.92 Å². The van der Waals surface area contributed by atoms with Crippen molar-refractivity contribution in [1.82, 2.24) is 9.78 Å². The lowest BCUT2D eigenvalue weighted by Gasteiger charge is -2.28. The number of anilines is 2. The van der Waals surface area contributed by atoms with Gasteiger partial charge < -0.3 is 11.1 Å². The van der Waals surface area contributed by atoms with Gasteiger partial charge in [0.15, 0.2) is 15.7 Å². The van der Waals surface area contributed by atoms with Crippen LogP contribution in [-0.4, -0.2) is 35.6 Å². The Morgan fingerprint density at radius 3 is 2.46 bits per heavy atom. The fourth-order valence-corrected chi connectivity index (χ4v) is 5.08. The predicted octanol–water partition coefficient (Wildman–Crippen LogP) is 2.74. The molecule has 3 N–H and O–H groups in total. The molecular weight excluding hydrogens is 397 g/mol. The highest BCUT2D eigenvalue weighted by Gasteiger charge is 2.33. The molecule has 1 aliphatic heterocycles. The molecule has 2 atom stereocenters. The Bertz CT molecular complexity index is 984. The molecule has 28 heavy (non-hydrogen) atoms. The summed E-state index contributed by atoms with van der Waals surface area (Å²) in [6, 6.07) is 4.05. The summed E-state index contributed by atoms with van der Waals surface area (Å²) in [5.41, 5.74) is 4.97. The van der Waals surface area contributed by atoms with Crippen LogP contribution in [0.25, 0.3) is 0 Å². The molecular formula is C17H19F3N4O3S. The van der Waals surface area contributed by atoms with Crippen molar-refractivity contribution in [2.75, 3.05) is 16.8 Å². The van der Waals surface area contributed by atoms with Gasteiger partial charge in [-0.2, -0.15) is 18.3 Å². The molecule has 1 amide bonds. The molecule has 3 rings (SSSR count). The lowest BCUT2D eigenvalue weighted by atomic mass is 10.0. The molecule has 11 heteroatoms. The van der Waals surface area contributed by atoms with Crippen molar-refractivity contribution >= 4 is 27.2 Å². The first-order valence-electron chi connectivity index (χ1n) is 8.50. The summed E-state index contributed by atoms with van der Waals surface area (Å²) in [7, 11) is -3.10. The van der Waals surface area contributed by atoms with Crippen molar-refractivity contribution in [3.63, 3.8) is 0 Å². The maximum Gasteiger partial charge on any atom is 0.416 e. The first-order chi connectivity index (χ1) is 13.0. The lowest BCUT2D eigenvalue weighted by molar-refractivity contribution is -0.137. The average Bonchev–Trinajstić information content (AvgIpc) is 2.97. The molecule has 0 aliphatic carbocycles. The number of alkyl halides is 3. The normalized spacial score (nSPS) is 22.0. The third kappa shape index (κ3) is 4.29. The number of sulfone groups is 1. The van der Waals surface area contributed by atoms with Crippen molar-refractivity contribution in [3.05, 3.63) is 41.6 Å². The van der Waals surface area contributed by atoms with Gasteiger partial charge >= 0.3 is 6.18 Å². The van der Waals surface area contributed by atoms with Crippen LogP contribution in [0.4, 0.5) is 24.7 Å². The zero-order valence-electron chi connectivity index (χ0n) is 14.9. The Morgan fingerprint density at radius 2 is 1.93 bits per heavy atom. The summed E-state index contributed by atoms with van der Waals surface area (Å²) in [6.45, 7) is 1.79. The summed E-state index contributed by atoms with van der Waals surface area (Å²) in [4.78, 5) is 11.8. The molecule has 1 aromatic heterocycles. The van der Waals surface area contributed by atoms with E-state index in [1.807, 2.05) is 0 Å². The number of primary amides is 1. The zero-order chi connectivity index (χ0) is 20.7. The van der Waals surface area contributed by atoms with E-state index in [0.29, 0.717) is 12.1 Å². The summed E-state index contributed by atoms with van der Waals surface area (Å²) in [5.74, 6) is -0.816. The average molecular weight is 416 g/mol. The molecule has 7 nitrogen and oxygen atoms in total. The van der Waals surface area contributed by atoms with Gasteiger partial charge in [-0.05, 0) is 36.6 Å². The molecule has 0 saturated carbocycles. The van der Waals surface area contributed by atoms with Crippen LogP contribution >= 0.6 is 0 Å². The molecule has 1 unspecified atom stereocenters. The van der Waals surface area contributed by atoms with E-state index in [2.05, 4.69) is 10.4 Å². The minimum Gasteiger partial charge on any atom is -0.365 e. The monoisotopic (exact) mass is 416 g/mol. The highest BCUT2D eigenvalue weighted by molar-refractivity contribution is 7.91. The van der Waals surface area contributed by atoms with Crippen molar-refractivity contribution in [1.29, 1.82) is 0 Å². The van der Waals surface area contributed by atoms with E-state index in [-0.39, 0.29) is 34.8 Å². The van der Waals surface area contributed by atoms with E-state index in [0.717, 1.165) is 12.1 Å². The van der Waals surface area contributed by atoms with E-state index in [1.165, 1.54) is 23.0 Å². The molecule has 1 saturated heterocycles. The van der Waals surface area contributed by atoms with E-state index < -0.39 is 27.5 Å². The van der Waals surface area contributed by atoms with Gasteiger partial charge in [0.1, 0.15) is 5.56 Å². The number of nitrogens with one attached hydrogen (secondary N) is 1. The quantitative estimate of drug-likeness (QED) is 0.797. The van der Waals surface area contributed by atoms with Gasteiger partial charge in [0.2, 0.25) is 0 Å². The molecule has 152 valence electrons. The van der Waals surface area contributed by atoms with Crippen LogP contribution in [0, 0.1) is 5.92 Å². The highest BCUT2D eigenvalue weighted by Crippen LogP contribution is 2.32. The Kier molecular flexibility index (Phi) is 5.13. The van der Waals surface area contributed by atoms with E-state index in [9.17, 15) is 26.4 Å². The maximum atomic E-state index is 12.7. The number of halogens is 3. The fraction of sp³-hybridized carbons (Fsp3) is 0.412. The lowest BCUT2D eigenvalue weighted by Crippen LogP contribution is -2.33. The topological polar surface area (TPSA) is 107 Å². The number of rotatable bonds is 4. The number of carbonyl (C=O) groups excluding carboxylic acids is 1. The molecule has 1 fully saturated rings.